The first-order chi connectivity index (χ1) is 9.93. The fraction of sp³-hybridized carbons (Fsp3) is 0.333. The second-order valence-electron chi connectivity index (χ2n) is 5.41. The van der Waals surface area contributed by atoms with Crippen molar-refractivity contribution in [3.05, 3.63) is 62.6 Å². The molecule has 0 radical (unpaired) electrons. The number of nitrogens with two attached hydrogens (primary N) is 1. The smallest absolute Gasteiger partial charge is 0.124 e. The van der Waals surface area contributed by atoms with Crippen LogP contribution in [0.2, 0.25) is 0 Å². The Labute approximate surface area is 135 Å². The molecule has 0 amide bonds. The monoisotopic (exact) mass is 347 g/mol. The molecule has 3 heteroatoms. The molecule has 2 rings (SSSR count). The Bertz CT molecular complexity index is 629. The van der Waals surface area contributed by atoms with Gasteiger partial charge in [0.15, 0.2) is 0 Å². The summed E-state index contributed by atoms with van der Waals surface area (Å²) in [4.78, 5) is 0. The topological polar surface area (TPSA) is 35.2 Å². The van der Waals surface area contributed by atoms with E-state index in [9.17, 15) is 0 Å². The van der Waals surface area contributed by atoms with Gasteiger partial charge in [0.2, 0.25) is 0 Å². The molecule has 1 atom stereocenters. The lowest BCUT2D eigenvalue weighted by atomic mass is 9.90. The van der Waals surface area contributed by atoms with Crippen LogP contribution < -0.4 is 10.5 Å². The molecule has 2 aromatic rings. The second-order valence-corrected chi connectivity index (χ2v) is 6.32. The van der Waals surface area contributed by atoms with Crippen molar-refractivity contribution in [2.75, 3.05) is 6.61 Å². The number of benzene rings is 2. The van der Waals surface area contributed by atoms with E-state index in [4.69, 9.17) is 10.5 Å². The molecule has 21 heavy (non-hydrogen) atoms. The maximum absolute atomic E-state index is 6.57. The standard InChI is InChI=1S/C18H22BrNO/c1-5-21-16-7-6-14(19)10-15(16)18(20)17-12(3)8-11(2)9-13(17)4/h6-10,18H,5,20H2,1-4H3. The number of hydrogen-bond acceptors (Lipinski definition) is 2. The van der Waals surface area contributed by atoms with Crippen LogP contribution in [0.1, 0.15) is 40.8 Å². The first kappa shape index (κ1) is 16.1. The molecule has 0 aliphatic heterocycles. The third-order valence-electron chi connectivity index (χ3n) is 3.66. The minimum Gasteiger partial charge on any atom is -0.494 e. The summed E-state index contributed by atoms with van der Waals surface area (Å²) in [6.45, 7) is 8.97. The Morgan fingerprint density at radius 2 is 1.71 bits per heavy atom. The summed E-state index contributed by atoms with van der Waals surface area (Å²) in [6.07, 6.45) is 0. The van der Waals surface area contributed by atoms with Crippen molar-refractivity contribution >= 4 is 15.9 Å². The number of rotatable bonds is 4. The highest BCUT2D eigenvalue weighted by Gasteiger charge is 2.18. The van der Waals surface area contributed by atoms with Crippen LogP contribution in [0.5, 0.6) is 5.75 Å². The Balaban J connectivity index is 2.54. The number of halogens is 1. The van der Waals surface area contributed by atoms with Crippen molar-refractivity contribution in [1.29, 1.82) is 0 Å². The average Bonchev–Trinajstić information content (AvgIpc) is 2.39. The summed E-state index contributed by atoms with van der Waals surface area (Å²) in [7, 11) is 0. The summed E-state index contributed by atoms with van der Waals surface area (Å²) in [6, 6.07) is 10.2. The van der Waals surface area contributed by atoms with Gasteiger partial charge in [0.25, 0.3) is 0 Å². The van der Waals surface area contributed by atoms with Gasteiger partial charge in [-0.2, -0.15) is 0 Å². The van der Waals surface area contributed by atoms with Gasteiger partial charge in [0.1, 0.15) is 5.75 Å². The van der Waals surface area contributed by atoms with Gasteiger partial charge in [0, 0.05) is 10.0 Å². The molecule has 2 aromatic carbocycles. The van der Waals surface area contributed by atoms with Crippen LogP contribution in [-0.2, 0) is 0 Å². The maximum Gasteiger partial charge on any atom is 0.124 e. The summed E-state index contributed by atoms with van der Waals surface area (Å²) in [5.41, 5.74) is 12.5. The molecule has 0 saturated heterocycles. The van der Waals surface area contributed by atoms with E-state index in [1.54, 1.807) is 0 Å². The second kappa shape index (κ2) is 6.63. The minimum absolute atomic E-state index is 0.190. The molecule has 0 aliphatic rings. The van der Waals surface area contributed by atoms with E-state index in [1.807, 2.05) is 25.1 Å². The van der Waals surface area contributed by atoms with Crippen molar-refractivity contribution in [2.24, 2.45) is 5.73 Å². The van der Waals surface area contributed by atoms with E-state index in [1.165, 1.54) is 22.3 Å². The predicted octanol–water partition coefficient (Wildman–Crippen LogP) is 4.82. The number of aryl methyl sites for hydroxylation is 3. The molecular formula is C18H22BrNO. The van der Waals surface area contributed by atoms with Gasteiger partial charge in [-0.25, -0.2) is 0 Å². The summed E-state index contributed by atoms with van der Waals surface area (Å²) in [5, 5.41) is 0. The molecule has 1 unspecified atom stereocenters. The van der Waals surface area contributed by atoms with Gasteiger partial charge in [-0.05, 0) is 62.6 Å². The Morgan fingerprint density at radius 3 is 2.29 bits per heavy atom. The molecule has 0 bridgehead atoms. The van der Waals surface area contributed by atoms with E-state index >= 15 is 0 Å². The van der Waals surface area contributed by atoms with Crippen LogP contribution in [-0.4, -0.2) is 6.61 Å². The van der Waals surface area contributed by atoms with Crippen LogP contribution in [0.15, 0.2) is 34.8 Å². The maximum atomic E-state index is 6.57. The minimum atomic E-state index is -0.190. The normalized spacial score (nSPS) is 12.3. The first-order valence-electron chi connectivity index (χ1n) is 7.19. The highest BCUT2D eigenvalue weighted by Crippen LogP contribution is 2.34. The van der Waals surface area contributed by atoms with Crippen molar-refractivity contribution in [3.63, 3.8) is 0 Å². The molecule has 2 nitrogen and oxygen atoms in total. The molecule has 112 valence electrons. The lowest BCUT2D eigenvalue weighted by Gasteiger charge is -2.21. The van der Waals surface area contributed by atoms with Gasteiger partial charge in [-0.15, -0.1) is 0 Å². The Hall–Kier alpha value is -1.32. The molecule has 0 aromatic heterocycles. The molecule has 0 saturated carbocycles. The van der Waals surface area contributed by atoms with E-state index in [0.717, 1.165) is 15.8 Å². The SMILES string of the molecule is CCOc1ccc(Br)cc1C(N)c1c(C)cc(C)cc1C. The molecule has 0 fully saturated rings. The number of ether oxygens (including phenoxy) is 1. The zero-order valence-electron chi connectivity index (χ0n) is 13.0. The van der Waals surface area contributed by atoms with Crippen LogP contribution in [0.3, 0.4) is 0 Å². The lowest BCUT2D eigenvalue weighted by molar-refractivity contribution is 0.335. The third-order valence-corrected chi connectivity index (χ3v) is 4.15. The molecule has 0 aliphatic carbocycles. The summed E-state index contributed by atoms with van der Waals surface area (Å²) in [5.74, 6) is 0.854. The first-order valence-corrected chi connectivity index (χ1v) is 7.99. The Kier molecular flexibility index (Phi) is 5.07. The van der Waals surface area contributed by atoms with E-state index in [2.05, 4.69) is 48.8 Å². The van der Waals surface area contributed by atoms with Crippen LogP contribution in [0.4, 0.5) is 0 Å². The van der Waals surface area contributed by atoms with Gasteiger partial charge in [0.05, 0.1) is 12.6 Å². The van der Waals surface area contributed by atoms with Crippen molar-refractivity contribution in [2.45, 2.75) is 33.7 Å². The zero-order valence-corrected chi connectivity index (χ0v) is 14.6. The third kappa shape index (κ3) is 3.47. The van der Waals surface area contributed by atoms with Crippen LogP contribution >= 0.6 is 15.9 Å². The fourth-order valence-electron chi connectivity index (χ4n) is 2.89. The van der Waals surface area contributed by atoms with Gasteiger partial charge < -0.3 is 10.5 Å². The molecular weight excluding hydrogens is 326 g/mol. The van der Waals surface area contributed by atoms with Crippen molar-refractivity contribution < 1.29 is 4.74 Å². The zero-order chi connectivity index (χ0) is 15.6. The highest BCUT2D eigenvalue weighted by atomic mass is 79.9. The van der Waals surface area contributed by atoms with Crippen LogP contribution in [0, 0.1) is 20.8 Å². The summed E-state index contributed by atoms with van der Waals surface area (Å²) < 4.78 is 6.75. The van der Waals surface area contributed by atoms with Crippen molar-refractivity contribution in [1.82, 2.24) is 0 Å². The predicted molar refractivity (Wildman–Crippen MR) is 92.0 cm³/mol. The molecule has 0 spiro atoms. The average molecular weight is 348 g/mol. The Morgan fingerprint density at radius 1 is 1.10 bits per heavy atom. The molecule has 0 heterocycles. The van der Waals surface area contributed by atoms with E-state index in [-0.39, 0.29) is 6.04 Å². The van der Waals surface area contributed by atoms with E-state index in [0.29, 0.717) is 6.61 Å². The number of hydrogen-bond donors (Lipinski definition) is 1. The lowest BCUT2D eigenvalue weighted by Crippen LogP contribution is -2.16. The highest BCUT2D eigenvalue weighted by molar-refractivity contribution is 9.10. The van der Waals surface area contributed by atoms with Gasteiger partial charge in [-0.3, -0.25) is 0 Å². The van der Waals surface area contributed by atoms with Gasteiger partial charge in [-0.1, -0.05) is 33.6 Å². The van der Waals surface area contributed by atoms with Crippen molar-refractivity contribution in [3.8, 4) is 5.75 Å². The quantitative estimate of drug-likeness (QED) is 0.860. The summed E-state index contributed by atoms with van der Waals surface area (Å²) >= 11 is 3.53. The van der Waals surface area contributed by atoms with Gasteiger partial charge >= 0.3 is 0 Å². The molecule has 2 N–H and O–H groups in total. The van der Waals surface area contributed by atoms with Crippen LogP contribution in [0.25, 0.3) is 0 Å². The largest absolute Gasteiger partial charge is 0.494 e. The van der Waals surface area contributed by atoms with E-state index < -0.39 is 0 Å². The fourth-order valence-corrected chi connectivity index (χ4v) is 3.27.